The fourth-order valence-electron chi connectivity index (χ4n) is 8.98. The van der Waals surface area contributed by atoms with Crippen molar-refractivity contribution in [3.63, 3.8) is 0 Å². The third-order valence-electron chi connectivity index (χ3n) is 10.7. The van der Waals surface area contributed by atoms with Crippen LogP contribution in [-0.4, -0.2) is 0 Å². The monoisotopic (exact) mass is 582 g/mol. The lowest BCUT2D eigenvalue weighted by Crippen LogP contribution is -2.25. The standard InChI is InChI=1S/C45H26O/c1-2-14-29-27(11-1)25-26-39-42(29)34-15-3-5-21-36(34)45(39)37-22-6-4-16-35(37)43-31(18-10-23-38(43)45)33-20-9-19-32-30-17-7-12-28-13-8-24-40(41(28)30)46-44(32)33/h1-26H. The molecule has 0 bridgehead atoms. The Balaban J connectivity index is 1.25. The van der Waals surface area contributed by atoms with E-state index in [-0.39, 0.29) is 0 Å². The van der Waals surface area contributed by atoms with Crippen molar-refractivity contribution in [1.82, 2.24) is 0 Å². The van der Waals surface area contributed by atoms with Crippen LogP contribution < -0.4 is 4.74 Å². The van der Waals surface area contributed by atoms with E-state index in [1.807, 2.05) is 0 Å². The molecule has 8 aromatic rings. The number of fused-ring (bicyclic) bond motifs is 14. The molecule has 11 rings (SSSR count). The summed E-state index contributed by atoms with van der Waals surface area (Å²) in [5.41, 5.74) is 15.0. The molecule has 2 aliphatic carbocycles. The number of hydrogen-bond donors (Lipinski definition) is 0. The Morgan fingerprint density at radius 3 is 1.74 bits per heavy atom. The van der Waals surface area contributed by atoms with E-state index in [4.69, 9.17) is 4.74 Å². The van der Waals surface area contributed by atoms with Crippen molar-refractivity contribution < 1.29 is 4.74 Å². The van der Waals surface area contributed by atoms with Gasteiger partial charge in [0, 0.05) is 16.5 Å². The predicted octanol–water partition coefficient (Wildman–Crippen LogP) is 11.8. The maximum absolute atomic E-state index is 6.86. The van der Waals surface area contributed by atoms with Crippen molar-refractivity contribution in [2.75, 3.05) is 0 Å². The molecule has 8 aromatic carbocycles. The third-order valence-corrected chi connectivity index (χ3v) is 10.7. The number of para-hydroxylation sites is 1. The van der Waals surface area contributed by atoms with Crippen LogP contribution in [0, 0.1) is 0 Å². The molecule has 1 heterocycles. The molecule has 1 spiro atoms. The molecule has 1 atom stereocenters. The van der Waals surface area contributed by atoms with E-state index >= 15 is 0 Å². The third kappa shape index (κ3) is 2.83. The zero-order valence-electron chi connectivity index (χ0n) is 24.9. The minimum Gasteiger partial charge on any atom is -0.455 e. The molecule has 0 fully saturated rings. The van der Waals surface area contributed by atoms with E-state index in [1.54, 1.807) is 0 Å². The van der Waals surface area contributed by atoms with Gasteiger partial charge < -0.3 is 4.74 Å². The summed E-state index contributed by atoms with van der Waals surface area (Å²) in [6, 6.07) is 58.1. The van der Waals surface area contributed by atoms with Gasteiger partial charge in [0.1, 0.15) is 11.5 Å². The second-order valence-corrected chi connectivity index (χ2v) is 12.7. The van der Waals surface area contributed by atoms with Gasteiger partial charge in [-0.2, -0.15) is 0 Å². The fourth-order valence-corrected chi connectivity index (χ4v) is 8.98. The van der Waals surface area contributed by atoms with Gasteiger partial charge in [0.25, 0.3) is 0 Å². The molecule has 3 aliphatic rings. The highest BCUT2D eigenvalue weighted by molar-refractivity contribution is 6.09. The molecule has 1 nitrogen and oxygen atoms in total. The van der Waals surface area contributed by atoms with E-state index in [0.29, 0.717) is 0 Å². The second kappa shape index (κ2) is 8.62. The molecular formula is C45H26O. The van der Waals surface area contributed by atoms with Gasteiger partial charge >= 0.3 is 0 Å². The molecule has 46 heavy (non-hydrogen) atoms. The van der Waals surface area contributed by atoms with E-state index in [1.165, 1.54) is 77.2 Å². The van der Waals surface area contributed by atoms with Gasteiger partial charge in [0.15, 0.2) is 0 Å². The lowest BCUT2D eigenvalue weighted by molar-refractivity contribution is 0.489. The quantitative estimate of drug-likeness (QED) is 0.187. The maximum Gasteiger partial charge on any atom is 0.143 e. The van der Waals surface area contributed by atoms with Gasteiger partial charge in [-0.05, 0) is 77.9 Å². The first kappa shape index (κ1) is 24.4. The average Bonchev–Trinajstić information content (AvgIpc) is 3.59. The molecule has 0 saturated carbocycles. The van der Waals surface area contributed by atoms with Crippen molar-refractivity contribution in [2.45, 2.75) is 5.41 Å². The van der Waals surface area contributed by atoms with E-state index in [0.717, 1.165) is 22.6 Å². The normalized spacial score (nSPS) is 16.1. The number of hydrogen-bond acceptors (Lipinski definition) is 1. The highest BCUT2D eigenvalue weighted by Crippen LogP contribution is 2.65. The lowest BCUT2D eigenvalue weighted by Gasteiger charge is -2.30. The summed E-state index contributed by atoms with van der Waals surface area (Å²) < 4.78 is 6.86. The molecule has 0 aromatic heterocycles. The smallest absolute Gasteiger partial charge is 0.143 e. The summed E-state index contributed by atoms with van der Waals surface area (Å²) in [6.07, 6.45) is 0. The van der Waals surface area contributed by atoms with E-state index in [2.05, 4.69) is 158 Å². The molecule has 1 aliphatic heterocycles. The van der Waals surface area contributed by atoms with Crippen LogP contribution in [0.5, 0.6) is 11.5 Å². The van der Waals surface area contributed by atoms with Crippen LogP contribution in [0.25, 0.3) is 66.1 Å². The molecule has 212 valence electrons. The minimum absolute atomic E-state index is 0.411. The lowest BCUT2D eigenvalue weighted by atomic mass is 9.70. The maximum atomic E-state index is 6.86. The predicted molar refractivity (Wildman–Crippen MR) is 189 cm³/mol. The Morgan fingerprint density at radius 2 is 0.891 bits per heavy atom. The highest BCUT2D eigenvalue weighted by atomic mass is 16.5. The Hall–Kier alpha value is -5.92. The number of ether oxygens (including phenoxy) is 1. The largest absolute Gasteiger partial charge is 0.455 e. The van der Waals surface area contributed by atoms with Crippen LogP contribution >= 0.6 is 0 Å². The van der Waals surface area contributed by atoms with Gasteiger partial charge in [-0.1, -0.05) is 152 Å². The van der Waals surface area contributed by atoms with Gasteiger partial charge in [-0.25, -0.2) is 0 Å². The molecule has 0 amide bonds. The summed E-state index contributed by atoms with van der Waals surface area (Å²) >= 11 is 0. The van der Waals surface area contributed by atoms with Crippen molar-refractivity contribution >= 4 is 21.5 Å². The zero-order valence-corrected chi connectivity index (χ0v) is 24.9. The van der Waals surface area contributed by atoms with E-state index in [9.17, 15) is 0 Å². The molecule has 0 radical (unpaired) electrons. The van der Waals surface area contributed by atoms with Gasteiger partial charge in [0.2, 0.25) is 0 Å². The van der Waals surface area contributed by atoms with Crippen LogP contribution in [0.15, 0.2) is 158 Å². The summed E-state index contributed by atoms with van der Waals surface area (Å²) in [5.74, 6) is 1.85. The topological polar surface area (TPSA) is 9.23 Å². The van der Waals surface area contributed by atoms with Gasteiger partial charge in [-0.15, -0.1) is 0 Å². The van der Waals surface area contributed by atoms with Crippen LogP contribution in [0.4, 0.5) is 0 Å². The first-order valence-corrected chi connectivity index (χ1v) is 16.0. The molecule has 1 heteroatoms. The molecule has 1 unspecified atom stereocenters. The van der Waals surface area contributed by atoms with Crippen LogP contribution in [-0.2, 0) is 5.41 Å². The summed E-state index contributed by atoms with van der Waals surface area (Å²) in [7, 11) is 0. The number of benzene rings is 8. The summed E-state index contributed by atoms with van der Waals surface area (Å²) in [6.45, 7) is 0. The average molecular weight is 583 g/mol. The summed E-state index contributed by atoms with van der Waals surface area (Å²) in [5, 5.41) is 4.97. The van der Waals surface area contributed by atoms with Crippen molar-refractivity contribution in [3.8, 4) is 56.0 Å². The minimum atomic E-state index is -0.411. The van der Waals surface area contributed by atoms with Gasteiger partial charge in [-0.3, -0.25) is 0 Å². The van der Waals surface area contributed by atoms with Crippen molar-refractivity contribution in [2.24, 2.45) is 0 Å². The first-order chi connectivity index (χ1) is 22.8. The molecular weight excluding hydrogens is 556 g/mol. The van der Waals surface area contributed by atoms with Crippen LogP contribution in [0.3, 0.4) is 0 Å². The SMILES string of the molecule is c1ccc2c(c1)-c1c(-c3cccc4c3Oc3cccc5cccc-4c35)cccc1C21c2ccccc2-c2c1ccc1ccccc21. The Bertz CT molecular complexity index is 2620. The van der Waals surface area contributed by atoms with Crippen LogP contribution in [0.2, 0.25) is 0 Å². The Morgan fingerprint density at radius 1 is 0.348 bits per heavy atom. The second-order valence-electron chi connectivity index (χ2n) is 12.7. The molecule has 0 N–H and O–H groups in total. The highest BCUT2D eigenvalue weighted by Gasteiger charge is 2.52. The fraction of sp³-hybridized carbons (Fsp3) is 0.0222. The summed E-state index contributed by atoms with van der Waals surface area (Å²) in [4.78, 5) is 0. The number of rotatable bonds is 1. The van der Waals surface area contributed by atoms with Gasteiger partial charge in [0.05, 0.1) is 5.41 Å². The molecule has 0 saturated heterocycles. The van der Waals surface area contributed by atoms with Crippen molar-refractivity contribution in [3.05, 3.63) is 180 Å². The van der Waals surface area contributed by atoms with Crippen molar-refractivity contribution in [1.29, 1.82) is 0 Å². The Labute approximate surface area is 267 Å². The van der Waals surface area contributed by atoms with Crippen LogP contribution in [0.1, 0.15) is 22.3 Å². The zero-order chi connectivity index (χ0) is 30.0. The van der Waals surface area contributed by atoms with E-state index < -0.39 is 5.41 Å². The Kier molecular flexibility index (Phi) is 4.57. The first-order valence-electron chi connectivity index (χ1n) is 16.0.